The number of rotatable bonds is 5. The summed E-state index contributed by atoms with van der Waals surface area (Å²) in [6.07, 6.45) is 1.11. The molecule has 2 rings (SSSR count). The first-order valence-electron chi connectivity index (χ1n) is 6.58. The average molecular weight is 273 g/mol. The zero-order valence-corrected chi connectivity index (χ0v) is 12.0. The van der Waals surface area contributed by atoms with Crippen LogP contribution >= 0.6 is 0 Å². The molecule has 0 radical (unpaired) electrons. The number of methoxy groups -OCH3 is 1. The van der Waals surface area contributed by atoms with E-state index >= 15 is 0 Å². The molecule has 0 fully saturated rings. The van der Waals surface area contributed by atoms with Crippen LogP contribution in [-0.4, -0.2) is 22.8 Å². The molecule has 1 N–H and O–H groups in total. The molecule has 2 aromatic rings. The highest BCUT2D eigenvalue weighted by Gasteiger charge is 2.21. The van der Waals surface area contributed by atoms with E-state index in [1.54, 1.807) is 10.9 Å². The van der Waals surface area contributed by atoms with Gasteiger partial charge in [0.05, 0.1) is 6.20 Å². The van der Waals surface area contributed by atoms with Gasteiger partial charge in [0, 0.05) is 19.2 Å². The Labute approximate surface area is 118 Å². The minimum atomic E-state index is -0.629. The van der Waals surface area contributed by atoms with Gasteiger partial charge in [-0.1, -0.05) is 30.3 Å². The van der Waals surface area contributed by atoms with Gasteiger partial charge in [0.2, 0.25) is 0 Å². The number of aromatic nitrogens is 2. The van der Waals surface area contributed by atoms with Crippen molar-refractivity contribution in [2.45, 2.75) is 26.5 Å². The number of hydrogen-bond donors (Lipinski definition) is 1. The summed E-state index contributed by atoms with van der Waals surface area (Å²) >= 11 is 0. The fraction of sp³-hybridized carbons (Fsp3) is 0.333. The zero-order valence-electron chi connectivity index (χ0n) is 12.0. The number of nitrogens with one attached hydrogen (secondary N) is 1. The predicted molar refractivity (Wildman–Crippen MR) is 77.5 cm³/mol. The number of carbonyl (C=O) groups is 1. The molecule has 1 aromatic carbocycles. The van der Waals surface area contributed by atoms with E-state index in [0.717, 1.165) is 16.9 Å². The number of benzene rings is 1. The molecule has 1 atom stereocenters. The highest BCUT2D eigenvalue weighted by Crippen LogP contribution is 2.20. The van der Waals surface area contributed by atoms with Crippen LogP contribution < -0.4 is 5.32 Å². The van der Waals surface area contributed by atoms with Crippen LogP contribution in [-0.2, 0) is 16.1 Å². The Hall–Kier alpha value is -2.14. The highest BCUT2D eigenvalue weighted by molar-refractivity contribution is 5.94. The third-order valence-electron chi connectivity index (χ3n) is 3.14. The molecule has 0 saturated carbocycles. The molecule has 1 amide bonds. The van der Waals surface area contributed by atoms with Gasteiger partial charge in [-0.05, 0) is 19.4 Å². The van der Waals surface area contributed by atoms with Crippen molar-refractivity contribution in [3.8, 4) is 0 Å². The molecule has 5 heteroatoms. The quantitative estimate of drug-likeness (QED) is 0.910. The summed E-state index contributed by atoms with van der Waals surface area (Å²) < 4.78 is 7.07. The summed E-state index contributed by atoms with van der Waals surface area (Å²) in [7, 11) is 1.53. The van der Waals surface area contributed by atoms with Gasteiger partial charge in [-0.25, -0.2) is 4.68 Å². The first-order chi connectivity index (χ1) is 9.67. The highest BCUT2D eigenvalue weighted by atomic mass is 16.5. The molecule has 0 spiro atoms. The number of carbonyl (C=O) groups excluding carboxylic acids is 1. The van der Waals surface area contributed by atoms with Gasteiger partial charge in [-0.15, -0.1) is 0 Å². The summed E-state index contributed by atoms with van der Waals surface area (Å²) in [6.45, 7) is 4.60. The molecule has 0 saturated heterocycles. The van der Waals surface area contributed by atoms with Gasteiger partial charge in [-0.2, -0.15) is 5.10 Å². The summed E-state index contributed by atoms with van der Waals surface area (Å²) in [5.41, 5.74) is 1.76. The number of anilines is 1. The van der Waals surface area contributed by atoms with Crippen molar-refractivity contribution in [3.63, 3.8) is 0 Å². The Balaban J connectivity index is 2.20. The SMILES string of the molecule is CCn1ncc(C)c1NC(=O)[C@H](OC)c1ccccc1. The summed E-state index contributed by atoms with van der Waals surface area (Å²) in [6, 6.07) is 9.42. The van der Waals surface area contributed by atoms with Crippen molar-refractivity contribution in [1.82, 2.24) is 9.78 Å². The second-order valence-corrected chi connectivity index (χ2v) is 4.51. The smallest absolute Gasteiger partial charge is 0.259 e. The zero-order chi connectivity index (χ0) is 14.5. The predicted octanol–water partition coefficient (Wildman–Crippen LogP) is 2.54. The molecule has 20 heavy (non-hydrogen) atoms. The van der Waals surface area contributed by atoms with E-state index in [0.29, 0.717) is 6.54 Å². The lowest BCUT2D eigenvalue weighted by Crippen LogP contribution is -2.24. The Kier molecular flexibility index (Phi) is 4.53. The first-order valence-corrected chi connectivity index (χ1v) is 6.58. The molecular weight excluding hydrogens is 254 g/mol. The maximum Gasteiger partial charge on any atom is 0.259 e. The van der Waals surface area contributed by atoms with Crippen LogP contribution in [0.25, 0.3) is 0 Å². The van der Waals surface area contributed by atoms with Gasteiger partial charge in [-0.3, -0.25) is 4.79 Å². The number of amides is 1. The second-order valence-electron chi connectivity index (χ2n) is 4.51. The normalized spacial score (nSPS) is 12.2. The largest absolute Gasteiger partial charge is 0.367 e. The van der Waals surface area contributed by atoms with Crippen molar-refractivity contribution < 1.29 is 9.53 Å². The molecule has 0 aliphatic rings. The maximum atomic E-state index is 12.4. The van der Waals surface area contributed by atoms with Gasteiger partial charge in [0.15, 0.2) is 6.10 Å². The van der Waals surface area contributed by atoms with Crippen molar-refractivity contribution in [2.75, 3.05) is 12.4 Å². The Morgan fingerprint density at radius 2 is 2.10 bits per heavy atom. The van der Waals surface area contributed by atoms with Crippen molar-refractivity contribution >= 4 is 11.7 Å². The van der Waals surface area contributed by atoms with Crippen molar-refractivity contribution in [2.24, 2.45) is 0 Å². The van der Waals surface area contributed by atoms with Crippen LogP contribution in [0.1, 0.15) is 24.2 Å². The fourth-order valence-corrected chi connectivity index (χ4v) is 2.09. The number of hydrogen-bond acceptors (Lipinski definition) is 3. The molecule has 5 nitrogen and oxygen atoms in total. The van der Waals surface area contributed by atoms with E-state index in [2.05, 4.69) is 10.4 Å². The standard InChI is InChI=1S/C15H19N3O2/c1-4-18-14(11(2)10-16-18)17-15(19)13(20-3)12-8-6-5-7-9-12/h5-10,13H,4H2,1-3H3,(H,17,19)/t13-/m1/s1. The van der Waals surface area contributed by atoms with Gasteiger partial charge in [0.1, 0.15) is 5.82 Å². The third-order valence-corrected chi connectivity index (χ3v) is 3.14. The van der Waals surface area contributed by atoms with Crippen molar-refractivity contribution in [1.29, 1.82) is 0 Å². The molecule has 106 valence electrons. The van der Waals surface area contributed by atoms with Crippen LogP contribution in [0, 0.1) is 6.92 Å². The van der Waals surface area contributed by atoms with E-state index in [4.69, 9.17) is 4.74 Å². The number of aryl methyl sites for hydroxylation is 2. The Morgan fingerprint density at radius 1 is 1.40 bits per heavy atom. The lowest BCUT2D eigenvalue weighted by Gasteiger charge is -2.16. The van der Waals surface area contributed by atoms with Crippen LogP contribution in [0.2, 0.25) is 0 Å². The molecule has 0 unspecified atom stereocenters. The topological polar surface area (TPSA) is 56.2 Å². The molecular formula is C15H19N3O2. The summed E-state index contributed by atoms with van der Waals surface area (Å²) in [5.74, 6) is 0.521. The molecule has 0 aliphatic carbocycles. The van der Waals surface area contributed by atoms with Gasteiger partial charge in [0.25, 0.3) is 5.91 Å². The lowest BCUT2D eigenvalue weighted by atomic mass is 10.1. The summed E-state index contributed by atoms with van der Waals surface area (Å²) in [4.78, 5) is 12.4. The van der Waals surface area contributed by atoms with Crippen LogP contribution in [0.5, 0.6) is 0 Å². The molecule has 0 aliphatic heterocycles. The second kappa shape index (κ2) is 6.34. The molecule has 1 aromatic heterocycles. The van der Waals surface area contributed by atoms with E-state index in [-0.39, 0.29) is 5.91 Å². The third kappa shape index (κ3) is 2.88. The Bertz CT molecular complexity index is 578. The monoisotopic (exact) mass is 273 g/mol. The van der Waals surface area contributed by atoms with Gasteiger partial charge >= 0.3 is 0 Å². The number of ether oxygens (including phenoxy) is 1. The fourth-order valence-electron chi connectivity index (χ4n) is 2.09. The maximum absolute atomic E-state index is 12.4. The summed E-state index contributed by atoms with van der Waals surface area (Å²) in [5, 5.41) is 7.10. The van der Waals surface area contributed by atoms with Crippen LogP contribution in [0.4, 0.5) is 5.82 Å². The van der Waals surface area contributed by atoms with Crippen LogP contribution in [0.3, 0.4) is 0 Å². The molecule has 1 heterocycles. The van der Waals surface area contributed by atoms with E-state index < -0.39 is 6.10 Å². The van der Waals surface area contributed by atoms with E-state index in [1.165, 1.54) is 7.11 Å². The van der Waals surface area contributed by atoms with E-state index in [9.17, 15) is 4.79 Å². The average Bonchev–Trinajstić information content (AvgIpc) is 2.81. The Morgan fingerprint density at radius 3 is 2.70 bits per heavy atom. The van der Waals surface area contributed by atoms with Gasteiger partial charge < -0.3 is 10.1 Å². The van der Waals surface area contributed by atoms with E-state index in [1.807, 2.05) is 44.2 Å². The van der Waals surface area contributed by atoms with Crippen LogP contribution in [0.15, 0.2) is 36.5 Å². The first kappa shape index (κ1) is 14.3. The lowest BCUT2D eigenvalue weighted by molar-refractivity contribution is -0.126. The minimum absolute atomic E-state index is 0.197. The molecule has 0 bridgehead atoms. The minimum Gasteiger partial charge on any atom is -0.367 e. The van der Waals surface area contributed by atoms with Crippen molar-refractivity contribution in [3.05, 3.63) is 47.7 Å². The number of nitrogens with zero attached hydrogens (tertiary/aromatic N) is 2.